The molecule has 0 atom stereocenters. The Balaban J connectivity index is 1.71. The number of thiazole rings is 1. The molecule has 0 saturated carbocycles. The summed E-state index contributed by atoms with van der Waals surface area (Å²) < 4.78 is 18.1. The van der Waals surface area contributed by atoms with E-state index in [1.807, 2.05) is 28.8 Å². The molecule has 0 N–H and O–H groups in total. The summed E-state index contributed by atoms with van der Waals surface area (Å²) in [6, 6.07) is 22.2. The minimum absolute atomic E-state index is 0.214. The van der Waals surface area contributed by atoms with Crippen molar-refractivity contribution in [1.29, 1.82) is 0 Å². The van der Waals surface area contributed by atoms with Crippen LogP contribution in [0.1, 0.15) is 23.6 Å². The van der Waals surface area contributed by atoms with E-state index in [0.717, 1.165) is 17.7 Å². The van der Waals surface area contributed by atoms with E-state index in [2.05, 4.69) is 38.1 Å². The summed E-state index contributed by atoms with van der Waals surface area (Å²) in [6.07, 6.45) is 0.941. The SMILES string of the molecule is CCc1ccc(-n2c(=S)sc3c(=O)n(-c4ccc(F)cc4)c(SCc4ccccc4C)nc32)cc1. The summed E-state index contributed by atoms with van der Waals surface area (Å²) in [4.78, 5) is 18.7. The maximum Gasteiger partial charge on any atom is 0.278 e. The predicted octanol–water partition coefficient (Wildman–Crippen LogP) is 7.27. The summed E-state index contributed by atoms with van der Waals surface area (Å²) >= 11 is 8.39. The van der Waals surface area contributed by atoms with Crippen molar-refractivity contribution < 1.29 is 4.39 Å². The number of nitrogens with zero attached hydrogens (tertiary/aromatic N) is 3. The smallest absolute Gasteiger partial charge is 0.275 e. The molecule has 0 spiro atoms. The number of fused-ring (bicyclic) bond motifs is 1. The van der Waals surface area contributed by atoms with Crippen molar-refractivity contribution in [2.75, 3.05) is 0 Å². The van der Waals surface area contributed by atoms with Crippen molar-refractivity contribution in [3.05, 3.63) is 110 Å². The molecule has 0 unspecified atom stereocenters. The van der Waals surface area contributed by atoms with Gasteiger partial charge in [-0.1, -0.05) is 66.4 Å². The molecule has 35 heavy (non-hydrogen) atoms. The lowest BCUT2D eigenvalue weighted by Gasteiger charge is -2.14. The van der Waals surface area contributed by atoms with E-state index in [1.165, 1.54) is 46.4 Å². The van der Waals surface area contributed by atoms with Gasteiger partial charge in [-0.3, -0.25) is 13.9 Å². The van der Waals surface area contributed by atoms with E-state index in [-0.39, 0.29) is 11.4 Å². The molecule has 0 amide bonds. The lowest BCUT2D eigenvalue weighted by Crippen LogP contribution is -2.21. The average molecular weight is 520 g/mol. The molecular formula is C27H22FN3OS3. The fraction of sp³-hybridized carbons (Fsp3) is 0.148. The topological polar surface area (TPSA) is 39.8 Å². The van der Waals surface area contributed by atoms with E-state index in [0.29, 0.717) is 30.9 Å². The van der Waals surface area contributed by atoms with Gasteiger partial charge in [0.1, 0.15) is 10.5 Å². The highest BCUT2D eigenvalue weighted by atomic mass is 32.2. The molecule has 176 valence electrons. The number of rotatable bonds is 6. The average Bonchev–Trinajstić information content (AvgIpc) is 3.20. The molecule has 0 radical (unpaired) electrons. The molecule has 0 saturated heterocycles. The van der Waals surface area contributed by atoms with E-state index in [4.69, 9.17) is 17.2 Å². The molecule has 5 aromatic rings. The monoisotopic (exact) mass is 519 g/mol. The number of hydrogen-bond acceptors (Lipinski definition) is 5. The van der Waals surface area contributed by atoms with Crippen LogP contribution < -0.4 is 5.56 Å². The number of benzene rings is 3. The first kappa shape index (κ1) is 23.7. The molecule has 5 rings (SSSR count). The van der Waals surface area contributed by atoms with Crippen molar-refractivity contribution >= 4 is 45.7 Å². The summed E-state index contributed by atoms with van der Waals surface area (Å²) in [5.41, 5.74) is 5.33. The van der Waals surface area contributed by atoms with Crippen LogP contribution in [0.3, 0.4) is 0 Å². The van der Waals surface area contributed by atoms with Crippen LogP contribution in [0.25, 0.3) is 21.7 Å². The standard InChI is InChI=1S/C27H22FN3OS3/c1-3-18-8-12-21(13-9-18)30-24-23(35-27(30)33)25(32)31(22-14-10-20(28)11-15-22)26(29-24)34-16-19-7-5-4-6-17(19)2/h4-15H,3,16H2,1-2H3. The molecule has 0 fully saturated rings. The number of thioether (sulfide) groups is 1. The molecule has 2 heterocycles. The zero-order valence-electron chi connectivity index (χ0n) is 19.2. The summed E-state index contributed by atoms with van der Waals surface area (Å²) in [5.74, 6) is 0.282. The second-order valence-electron chi connectivity index (χ2n) is 8.10. The molecule has 4 nitrogen and oxygen atoms in total. The summed E-state index contributed by atoms with van der Waals surface area (Å²) in [6.45, 7) is 4.17. The second kappa shape index (κ2) is 9.89. The zero-order valence-corrected chi connectivity index (χ0v) is 21.6. The molecule has 2 aromatic heterocycles. The van der Waals surface area contributed by atoms with Gasteiger partial charge >= 0.3 is 0 Å². The maximum absolute atomic E-state index is 13.8. The first-order valence-corrected chi connectivity index (χ1v) is 13.4. The Hall–Kier alpha value is -3.07. The van der Waals surface area contributed by atoms with Gasteiger partial charge in [0.25, 0.3) is 5.56 Å². The Morgan fingerprint density at radius 1 is 0.971 bits per heavy atom. The Bertz CT molecular complexity index is 1630. The largest absolute Gasteiger partial charge is 0.278 e. The third-order valence-corrected chi connectivity index (χ3v) is 8.22. The fourth-order valence-corrected chi connectivity index (χ4v) is 6.26. The van der Waals surface area contributed by atoms with Crippen LogP contribution >= 0.6 is 35.3 Å². The number of aromatic nitrogens is 3. The molecule has 0 bridgehead atoms. The van der Waals surface area contributed by atoms with E-state index in [1.54, 1.807) is 16.7 Å². The maximum atomic E-state index is 13.8. The Morgan fingerprint density at radius 2 is 1.63 bits per heavy atom. The van der Waals surface area contributed by atoms with Crippen molar-refractivity contribution in [2.24, 2.45) is 0 Å². The van der Waals surface area contributed by atoms with Crippen LogP contribution in [0.5, 0.6) is 0 Å². The number of hydrogen-bond donors (Lipinski definition) is 0. The highest BCUT2D eigenvalue weighted by Gasteiger charge is 2.19. The number of aryl methyl sites for hydroxylation is 2. The molecule has 8 heteroatoms. The molecule has 0 aliphatic rings. The van der Waals surface area contributed by atoms with Gasteiger partial charge < -0.3 is 0 Å². The minimum Gasteiger partial charge on any atom is -0.275 e. The highest BCUT2D eigenvalue weighted by molar-refractivity contribution is 7.98. The third kappa shape index (κ3) is 4.61. The van der Waals surface area contributed by atoms with Crippen molar-refractivity contribution in [3.8, 4) is 11.4 Å². The third-order valence-electron chi connectivity index (χ3n) is 5.88. The van der Waals surface area contributed by atoms with Crippen LogP contribution in [-0.2, 0) is 12.2 Å². The first-order chi connectivity index (χ1) is 17.0. The van der Waals surface area contributed by atoms with Gasteiger partial charge in [0.15, 0.2) is 14.8 Å². The minimum atomic E-state index is -0.359. The second-order valence-corrected chi connectivity index (χ2v) is 10.7. The van der Waals surface area contributed by atoms with Gasteiger partial charge in [0.05, 0.1) is 5.69 Å². The van der Waals surface area contributed by atoms with Crippen LogP contribution in [0.15, 0.2) is 82.7 Å². The zero-order chi connectivity index (χ0) is 24.5. The van der Waals surface area contributed by atoms with Crippen LogP contribution in [0.4, 0.5) is 4.39 Å². The highest BCUT2D eigenvalue weighted by Crippen LogP contribution is 2.29. The van der Waals surface area contributed by atoms with Gasteiger partial charge in [-0.25, -0.2) is 9.37 Å². The van der Waals surface area contributed by atoms with Gasteiger partial charge in [-0.2, -0.15) is 0 Å². The van der Waals surface area contributed by atoms with E-state index < -0.39 is 0 Å². The lowest BCUT2D eigenvalue weighted by molar-refractivity contribution is 0.627. The van der Waals surface area contributed by atoms with Crippen molar-refractivity contribution in [3.63, 3.8) is 0 Å². The quantitative estimate of drug-likeness (QED) is 0.134. The fourth-order valence-electron chi connectivity index (χ4n) is 3.87. The number of halogens is 1. The Morgan fingerprint density at radius 3 is 2.31 bits per heavy atom. The van der Waals surface area contributed by atoms with E-state index >= 15 is 0 Å². The predicted molar refractivity (Wildman–Crippen MR) is 145 cm³/mol. The van der Waals surface area contributed by atoms with Crippen LogP contribution in [-0.4, -0.2) is 14.1 Å². The van der Waals surface area contributed by atoms with Gasteiger partial charge in [-0.15, -0.1) is 0 Å². The van der Waals surface area contributed by atoms with E-state index in [9.17, 15) is 9.18 Å². The van der Waals surface area contributed by atoms with Gasteiger partial charge in [0.2, 0.25) is 0 Å². The van der Waals surface area contributed by atoms with Gasteiger partial charge in [0, 0.05) is 11.4 Å². The summed E-state index contributed by atoms with van der Waals surface area (Å²) in [7, 11) is 0. The summed E-state index contributed by atoms with van der Waals surface area (Å²) in [5, 5.41) is 0.532. The van der Waals surface area contributed by atoms with Crippen molar-refractivity contribution in [2.45, 2.75) is 31.2 Å². The first-order valence-electron chi connectivity index (χ1n) is 11.2. The molecular weight excluding hydrogens is 498 g/mol. The van der Waals surface area contributed by atoms with Crippen molar-refractivity contribution in [1.82, 2.24) is 14.1 Å². The Labute approximate surface area is 215 Å². The molecule has 0 aliphatic carbocycles. The normalized spacial score (nSPS) is 11.3. The Kier molecular flexibility index (Phi) is 6.69. The van der Waals surface area contributed by atoms with Crippen LogP contribution in [0, 0.1) is 16.7 Å². The lowest BCUT2D eigenvalue weighted by atomic mass is 10.1. The molecule has 0 aliphatic heterocycles. The van der Waals surface area contributed by atoms with Crippen LogP contribution in [0.2, 0.25) is 0 Å². The van der Waals surface area contributed by atoms with Gasteiger partial charge in [-0.05, 0) is 78.7 Å². The molecule has 3 aromatic carbocycles.